The lowest BCUT2D eigenvalue weighted by Gasteiger charge is -2.30. The number of aryl methyl sites for hydroxylation is 1. The van der Waals surface area contributed by atoms with Crippen LogP contribution in [0.3, 0.4) is 0 Å². The molecule has 1 fully saturated rings. The van der Waals surface area contributed by atoms with Gasteiger partial charge in [-0.1, -0.05) is 13.8 Å². The van der Waals surface area contributed by atoms with Gasteiger partial charge in [-0.25, -0.2) is 9.78 Å². The minimum absolute atomic E-state index is 0.00612. The number of aromatic nitrogens is 3. The summed E-state index contributed by atoms with van der Waals surface area (Å²) in [5.41, 5.74) is -0.189. The predicted octanol–water partition coefficient (Wildman–Crippen LogP) is 1.16. The molecule has 3 heterocycles. The van der Waals surface area contributed by atoms with Gasteiger partial charge in [0.05, 0.1) is 16.9 Å². The Labute approximate surface area is 161 Å². The fourth-order valence-corrected chi connectivity index (χ4v) is 3.55. The molecule has 1 aliphatic rings. The number of aromatic amines is 1. The molecule has 0 spiro atoms. The number of hydrogen-bond acceptors (Lipinski definition) is 5. The average Bonchev–Trinajstić information content (AvgIpc) is 2.66. The van der Waals surface area contributed by atoms with Crippen molar-refractivity contribution >= 4 is 22.9 Å². The lowest BCUT2D eigenvalue weighted by molar-refractivity contribution is -0.143. The second-order valence-corrected chi connectivity index (χ2v) is 7.36. The largest absolute Gasteiger partial charge is 0.481 e. The van der Waals surface area contributed by atoms with Gasteiger partial charge in [-0.15, -0.1) is 0 Å². The second kappa shape index (κ2) is 7.57. The van der Waals surface area contributed by atoms with Crippen molar-refractivity contribution in [3.8, 4) is 0 Å². The lowest BCUT2D eigenvalue weighted by atomic mass is 9.96. The molecule has 150 valence electrons. The molecular weight excluding hydrogens is 364 g/mol. The first-order chi connectivity index (χ1) is 13.2. The highest BCUT2D eigenvalue weighted by Crippen LogP contribution is 2.24. The van der Waals surface area contributed by atoms with Gasteiger partial charge in [0.25, 0.3) is 11.5 Å². The number of nitrogens with one attached hydrogen (secondary N) is 1. The molecule has 9 heteroatoms. The monoisotopic (exact) mass is 388 g/mol. The zero-order valence-electron chi connectivity index (χ0n) is 16.2. The van der Waals surface area contributed by atoms with E-state index >= 15 is 0 Å². The normalized spacial score (nSPS) is 15.4. The molecule has 9 nitrogen and oxygen atoms in total. The molecule has 28 heavy (non-hydrogen) atoms. The summed E-state index contributed by atoms with van der Waals surface area (Å²) in [4.78, 5) is 57.4. The molecule has 0 bridgehead atoms. The minimum Gasteiger partial charge on any atom is -0.481 e. The van der Waals surface area contributed by atoms with Gasteiger partial charge < -0.3 is 10.0 Å². The van der Waals surface area contributed by atoms with Gasteiger partial charge in [0.2, 0.25) is 0 Å². The number of piperidine rings is 1. The van der Waals surface area contributed by atoms with Crippen molar-refractivity contribution in [2.75, 3.05) is 13.1 Å². The Morgan fingerprint density at radius 2 is 1.93 bits per heavy atom. The lowest BCUT2D eigenvalue weighted by Crippen LogP contribution is -2.41. The molecule has 2 aromatic heterocycles. The topological polar surface area (TPSA) is 125 Å². The first kappa shape index (κ1) is 19.8. The zero-order valence-corrected chi connectivity index (χ0v) is 16.2. The first-order valence-corrected chi connectivity index (χ1v) is 9.44. The number of pyridine rings is 1. The number of nitrogens with zero attached hydrogens (tertiary/aromatic N) is 3. The van der Waals surface area contributed by atoms with Gasteiger partial charge >= 0.3 is 11.7 Å². The highest BCUT2D eigenvalue weighted by molar-refractivity contribution is 6.05. The number of carbonyl (C=O) groups excluding carboxylic acids is 1. The quantitative estimate of drug-likeness (QED) is 0.810. The smallest absolute Gasteiger partial charge is 0.329 e. The number of hydrogen-bond donors (Lipinski definition) is 2. The summed E-state index contributed by atoms with van der Waals surface area (Å²) in [7, 11) is 0. The minimum atomic E-state index is -0.855. The maximum absolute atomic E-state index is 13.2. The van der Waals surface area contributed by atoms with Crippen molar-refractivity contribution < 1.29 is 14.7 Å². The van der Waals surface area contributed by atoms with Crippen LogP contribution in [0.4, 0.5) is 0 Å². The van der Waals surface area contributed by atoms with E-state index < -0.39 is 23.1 Å². The van der Waals surface area contributed by atoms with Gasteiger partial charge in [0, 0.05) is 25.3 Å². The standard InChI is InChI=1S/C19H24N4O5/c1-4-23-15-14(16(24)21-19(23)28)12(9-13(20-15)10(2)3)17(25)22-7-5-11(6-8-22)18(26)27/h9-11H,4-8H2,1-3H3,(H,26,27)(H,21,24,28). The van der Waals surface area contributed by atoms with Crippen molar-refractivity contribution in [1.29, 1.82) is 0 Å². The molecule has 0 radical (unpaired) electrons. The molecule has 2 N–H and O–H groups in total. The number of rotatable bonds is 4. The second-order valence-electron chi connectivity index (χ2n) is 7.36. The SMILES string of the molecule is CCn1c(=O)[nH]c(=O)c2c(C(=O)N3CCC(C(=O)O)CC3)cc(C(C)C)nc21. The molecule has 0 aliphatic carbocycles. The molecule has 1 amide bonds. The third-order valence-electron chi connectivity index (χ3n) is 5.24. The van der Waals surface area contributed by atoms with E-state index in [4.69, 9.17) is 5.11 Å². The van der Waals surface area contributed by atoms with Gasteiger partial charge in [-0.05, 0) is 31.7 Å². The number of likely N-dealkylation sites (tertiary alicyclic amines) is 1. The Morgan fingerprint density at radius 3 is 2.46 bits per heavy atom. The van der Waals surface area contributed by atoms with Crippen molar-refractivity contribution in [3.63, 3.8) is 0 Å². The molecule has 1 saturated heterocycles. The van der Waals surface area contributed by atoms with Crippen molar-refractivity contribution in [2.45, 2.75) is 46.1 Å². The third-order valence-corrected chi connectivity index (χ3v) is 5.24. The van der Waals surface area contributed by atoms with Crippen molar-refractivity contribution in [1.82, 2.24) is 19.4 Å². The van der Waals surface area contributed by atoms with E-state index in [0.717, 1.165) is 0 Å². The summed E-state index contributed by atoms with van der Waals surface area (Å²) in [6, 6.07) is 1.61. The molecule has 0 saturated carbocycles. The van der Waals surface area contributed by atoms with Gasteiger partial charge in [0.1, 0.15) is 0 Å². The van der Waals surface area contributed by atoms with Crippen LogP contribution < -0.4 is 11.2 Å². The maximum Gasteiger partial charge on any atom is 0.329 e. The summed E-state index contributed by atoms with van der Waals surface area (Å²) in [5.74, 6) is -1.66. The van der Waals surface area contributed by atoms with E-state index in [-0.39, 0.29) is 28.4 Å². The molecule has 0 unspecified atom stereocenters. The highest BCUT2D eigenvalue weighted by atomic mass is 16.4. The van der Waals surface area contributed by atoms with Gasteiger partial charge in [-0.2, -0.15) is 0 Å². The van der Waals surface area contributed by atoms with Crippen molar-refractivity contribution in [2.24, 2.45) is 5.92 Å². The Kier molecular flexibility index (Phi) is 5.35. The molecule has 2 aromatic rings. The summed E-state index contributed by atoms with van der Waals surface area (Å²) >= 11 is 0. The Balaban J connectivity index is 2.14. The predicted molar refractivity (Wildman–Crippen MR) is 103 cm³/mol. The number of carboxylic acid groups (broad SMARTS) is 1. The molecule has 0 aromatic carbocycles. The molecule has 1 aliphatic heterocycles. The molecule has 3 rings (SSSR count). The number of carbonyl (C=O) groups is 2. The maximum atomic E-state index is 13.2. The van der Waals surface area contributed by atoms with E-state index in [1.165, 1.54) is 4.57 Å². The number of aliphatic carboxylic acids is 1. The summed E-state index contributed by atoms with van der Waals surface area (Å²) in [5, 5.41) is 9.24. The Morgan fingerprint density at radius 1 is 1.29 bits per heavy atom. The number of carboxylic acids is 1. The number of amides is 1. The Bertz CT molecular complexity index is 1040. The molecular formula is C19H24N4O5. The van der Waals surface area contributed by atoms with Gasteiger partial charge in [0.15, 0.2) is 5.65 Å². The van der Waals surface area contributed by atoms with E-state index in [0.29, 0.717) is 38.2 Å². The van der Waals surface area contributed by atoms with Crippen LogP contribution >= 0.6 is 0 Å². The van der Waals surface area contributed by atoms with Crippen LogP contribution in [0.1, 0.15) is 55.6 Å². The fourth-order valence-electron chi connectivity index (χ4n) is 3.55. The highest BCUT2D eigenvalue weighted by Gasteiger charge is 2.29. The van der Waals surface area contributed by atoms with Crippen LogP contribution in [0.2, 0.25) is 0 Å². The van der Waals surface area contributed by atoms with Gasteiger partial charge in [-0.3, -0.25) is 23.9 Å². The summed E-state index contributed by atoms with van der Waals surface area (Å²) in [6.45, 7) is 6.52. The fraction of sp³-hybridized carbons (Fsp3) is 0.526. The van der Waals surface area contributed by atoms with Crippen LogP contribution in [0, 0.1) is 5.92 Å². The van der Waals surface area contributed by atoms with E-state index in [1.54, 1.807) is 17.9 Å². The van der Waals surface area contributed by atoms with Crippen LogP contribution in [-0.4, -0.2) is 49.5 Å². The third kappa shape index (κ3) is 3.44. The molecule has 0 atom stereocenters. The van der Waals surface area contributed by atoms with Crippen molar-refractivity contribution in [3.05, 3.63) is 38.2 Å². The summed E-state index contributed by atoms with van der Waals surface area (Å²) in [6.07, 6.45) is 0.744. The van der Waals surface area contributed by atoms with E-state index in [1.807, 2.05) is 13.8 Å². The summed E-state index contributed by atoms with van der Waals surface area (Å²) < 4.78 is 1.34. The van der Waals surface area contributed by atoms with Crippen LogP contribution in [0.25, 0.3) is 11.0 Å². The van der Waals surface area contributed by atoms with Crippen LogP contribution in [0.5, 0.6) is 0 Å². The van der Waals surface area contributed by atoms with Crippen LogP contribution in [-0.2, 0) is 11.3 Å². The number of fused-ring (bicyclic) bond motifs is 1. The van der Waals surface area contributed by atoms with Crippen LogP contribution in [0.15, 0.2) is 15.7 Å². The Hall–Kier alpha value is -2.97. The average molecular weight is 388 g/mol. The zero-order chi connectivity index (χ0) is 20.6. The first-order valence-electron chi connectivity index (χ1n) is 9.44. The van der Waals surface area contributed by atoms with E-state index in [2.05, 4.69) is 9.97 Å². The van der Waals surface area contributed by atoms with E-state index in [9.17, 15) is 19.2 Å². The number of H-pyrrole nitrogens is 1.